The molecule has 1 aromatic carbocycles. The van der Waals surface area contributed by atoms with Crippen LogP contribution in [-0.2, 0) is 9.53 Å². The Morgan fingerprint density at radius 1 is 1.12 bits per heavy atom. The second-order valence-corrected chi connectivity index (χ2v) is 9.34. The van der Waals surface area contributed by atoms with Gasteiger partial charge < -0.3 is 29.2 Å². The van der Waals surface area contributed by atoms with Crippen LogP contribution in [0.4, 0.5) is 10.5 Å². The van der Waals surface area contributed by atoms with E-state index in [4.69, 9.17) is 18.9 Å². The number of para-hydroxylation sites is 1. The number of nitrogens with one attached hydrogen (secondary N) is 1. The molecule has 34 heavy (non-hydrogen) atoms. The van der Waals surface area contributed by atoms with Crippen LogP contribution in [-0.4, -0.2) is 60.9 Å². The topological polar surface area (TPSA) is 99.2 Å². The zero-order valence-electron chi connectivity index (χ0n) is 20.1. The number of pyridine rings is 1. The summed E-state index contributed by atoms with van der Waals surface area (Å²) >= 11 is 0. The van der Waals surface area contributed by atoms with Crippen molar-refractivity contribution in [2.75, 3.05) is 38.7 Å². The summed E-state index contributed by atoms with van der Waals surface area (Å²) in [6.07, 6.45) is 0.793. The van der Waals surface area contributed by atoms with Crippen molar-refractivity contribution in [1.82, 2.24) is 9.88 Å². The van der Waals surface area contributed by atoms with Crippen LogP contribution < -0.4 is 19.5 Å². The Balaban J connectivity index is 1.46. The van der Waals surface area contributed by atoms with Crippen molar-refractivity contribution in [3.63, 3.8) is 0 Å². The molecular formula is C25H31N3O6. The number of rotatable bonds is 4. The molecule has 0 radical (unpaired) electrons. The third kappa shape index (κ3) is 5.52. The second kappa shape index (κ2) is 9.79. The third-order valence-electron chi connectivity index (χ3n) is 5.64. The summed E-state index contributed by atoms with van der Waals surface area (Å²) < 4.78 is 22.3. The van der Waals surface area contributed by atoms with E-state index in [1.54, 1.807) is 17.0 Å². The van der Waals surface area contributed by atoms with E-state index in [0.717, 1.165) is 5.56 Å². The zero-order valence-corrected chi connectivity index (χ0v) is 20.1. The second-order valence-electron chi connectivity index (χ2n) is 9.34. The van der Waals surface area contributed by atoms with Gasteiger partial charge in [0, 0.05) is 36.3 Å². The lowest BCUT2D eigenvalue weighted by molar-refractivity contribution is -0.121. The van der Waals surface area contributed by atoms with E-state index in [0.29, 0.717) is 67.9 Å². The molecule has 2 aliphatic rings. The quantitative estimate of drug-likeness (QED) is 0.719. The van der Waals surface area contributed by atoms with Crippen LogP contribution in [0.15, 0.2) is 30.3 Å². The minimum absolute atomic E-state index is 0.0993. The molecule has 2 aliphatic heterocycles. The Kier molecular flexibility index (Phi) is 6.81. The molecule has 0 atom stereocenters. The Labute approximate surface area is 199 Å². The van der Waals surface area contributed by atoms with Gasteiger partial charge in [-0.3, -0.25) is 4.79 Å². The van der Waals surface area contributed by atoms with Crippen LogP contribution in [0.2, 0.25) is 0 Å². The Morgan fingerprint density at radius 3 is 2.56 bits per heavy atom. The monoisotopic (exact) mass is 469 g/mol. The van der Waals surface area contributed by atoms with Gasteiger partial charge in [-0.1, -0.05) is 6.07 Å². The molecule has 2 aromatic rings. The highest BCUT2D eigenvalue weighted by atomic mass is 16.6. The van der Waals surface area contributed by atoms with E-state index in [-0.39, 0.29) is 17.9 Å². The number of benzene rings is 1. The molecule has 0 spiro atoms. The van der Waals surface area contributed by atoms with Crippen LogP contribution in [0.5, 0.6) is 17.4 Å². The maximum absolute atomic E-state index is 13.0. The van der Waals surface area contributed by atoms with E-state index in [1.165, 1.54) is 7.11 Å². The van der Waals surface area contributed by atoms with E-state index in [9.17, 15) is 9.59 Å². The van der Waals surface area contributed by atoms with Gasteiger partial charge in [0.15, 0.2) is 11.5 Å². The summed E-state index contributed by atoms with van der Waals surface area (Å²) in [5.74, 6) is 1.36. The summed E-state index contributed by atoms with van der Waals surface area (Å²) in [4.78, 5) is 31.5. The molecule has 0 saturated carbocycles. The van der Waals surface area contributed by atoms with Crippen molar-refractivity contribution in [3.05, 3.63) is 30.3 Å². The number of carbonyl (C=O) groups excluding carboxylic acids is 2. The summed E-state index contributed by atoms with van der Waals surface area (Å²) in [6, 6.07) is 9.10. The molecule has 182 valence electrons. The molecule has 9 heteroatoms. The van der Waals surface area contributed by atoms with Gasteiger partial charge in [-0.2, -0.15) is 0 Å². The number of ether oxygens (including phenoxy) is 4. The standard InChI is InChI=1S/C25H31N3O6/c1-25(2,3)34-24(30)28-10-8-16(9-11-28)23(29)26-17-14-19(27-21(15-17)31-4)18-6-5-7-20-22(18)33-13-12-32-20/h5-7,14-16H,8-13H2,1-4H3,(H,26,27,29). The molecular weight excluding hydrogens is 438 g/mol. The highest BCUT2D eigenvalue weighted by Crippen LogP contribution is 2.40. The van der Waals surface area contributed by atoms with E-state index in [1.807, 2.05) is 39.0 Å². The van der Waals surface area contributed by atoms with Crippen LogP contribution in [0.25, 0.3) is 11.3 Å². The molecule has 0 aliphatic carbocycles. The van der Waals surface area contributed by atoms with Crippen molar-refractivity contribution < 1.29 is 28.5 Å². The maximum atomic E-state index is 13.0. The first-order valence-electron chi connectivity index (χ1n) is 11.5. The Bertz CT molecular complexity index is 1060. The van der Waals surface area contributed by atoms with Gasteiger partial charge in [-0.15, -0.1) is 0 Å². The fourth-order valence-electron chi connectivity index (χ4n) is 3.99. The lowest BCUT2D eigenvalue weighted by atomic mass is 9.96. The van der Waals surface area contributed by atoms with E-state index in [2.05, 4.69) is 10.3 Å². The highest BCUT2D eigenvalue weighted by molar-refractivity contribution is 5.93. The molecule has 0 unspecified atom stereocenters. The van der Waals surface area contributed by atoms with Crippen molar-refractivity contribution in [2.24, 2.45) is 5.92 Å². The third-order valence-corrected chi connectivity index (χ3v) is 5.64. The molecule has 1 fully saturated rings. The predicted octanol–water partition coefficient (Wildman–Crippen LogP) is 4.11. The van der Waals surface area contributed by atoms with Gasteiger partial charge in [0.1, 0.15) is 18.8 Å². The smallest absolute Gasteiger partial charge is 0.410 e. The molecule has 0 bridgehead atoms. The zero-order chi connectivity index (χ0) is 24.3. The number of aromatic nitrogens is 1. The normalized spacial score (nSPS) is 16.1. The van der Waals surface area contributed by atoms with Gasteiger partial charge in [0.2, 0.25) is 11.8 Å². The van der Waals surface area contributed by atoms with Crippen LogP contribution in [0, 0.1) is 5.92 Å². The number of fused-ring (bicyclic) bond motifs is 1. The number of carbonyl (C=O) groups is 2. The SMILES string of the molecule is COc1cc(NC(=O)C2CCN(C(=O)OC(C)(C)C)CC2)cc(-c2cccc3c2OCCO3)n1. The first-order valence-corrected chi connectivity index (χ1v) is 11.5. The van der Waals surface area contributed by atoms with Gasteiger partial charge in [0.05, 0.1) is 12.8 Å². The van der Waals surface area contributed by atoms with E-state index < -0.39 is 5.60 Å². The molecule has 9 nitrogen and oxygen atoms in total. The Hall–Kier alpha value is -3.49. The number of amides is 2. The number of hydrogen-bond donors (Lipinski definition) is 1. The molecule has 3 heterocycles. The van der Waals surface area contributed by atoms with E-state index >= 15 is 0 Å². The number of piperidine rings is 1. The molecule has 1 saturated heterocycles. The fraction of sp³-hybridized carbons (Fsp3) is 0.480. The summed E-state index contributed by atoms with van der Waals surface area (Å²) in [6.45, 7) is 7.43. The first kappa shape index (κ1) is 23.7. The average molecular weight is 470 g/mol. The largest absolute Gasteiger partial charge is 0.486 e. The number of nitrogens with zero attached hydrogens (tertiary/aromatic N) is 2. The molecule has 4 rings (SSSR count). The van der Waals surface area contributed by atoms with Gasteiger partial charge in [-0.25, -0.2) is 9.78 Å². The average Bonchev–Trinajstić information content (AvgIpc) is 2.82. The highest BCUT2D eigenvalue weighted by Gasteiger charge is 2.30. The minimum Gasteiger partial charge on any atom is -0.486 e. The molecule has 1 N–H and O–H groups in total. The van der Waals surface area contributed by atoms with Gasteiger partial charge in [0.25, 0.3) is 0 Å². The van der Waals surface area contributed by atoms with Crippen LogP contribution in [0.3, 0.4) is 0 Å². The minimum atomic E-state index is -0.543. The fourth-order valence-corrected chi connectivity index (χ4v) is 3.99. The van der Waals surface area contributed by atoms with Crippen molar-refractivity contribution in [1.29, 1.82) is 0 Å². The molecule has 1 aromatic heterocycles. The van der Waals surface area contributed by atoms with Gasteiger partial charge >= 0.3 is 6.09 Å². The van der Waals surface area contributed by atoms with Crippen LogP contribution in [0.1, 0.15) is 33.6 Å². The van der Waals surface area contributed by atoms with Crippen LogP contribution >= 0.6 is 0 Å². The number of methoxy groups -OCH3 is 1. The number of likely N-dealkylation sites (tertiary alicyclic amines) is 1. The number of anilines is 1. The lowest BCUT2D eigenvalue weighted by Crippen LogP contribution is -2.43. The van der Waals surface area contributed by atoms with Crippen molar-refractivity contribution in [3.8, 4) is 28.6 Å². The summed E-state index contributed by atoms with van der Waals surface area (Å²) in [7, 11) is 1.53. The summed E-state index contributed by atoms with van der Waals surface area (Å²) in [5, 5.41) is 2.99. The predicted molar refractivity (Wildman–Crippen MR) is 126 cm³/mol. The summed E-state index contributed by atoms with van der Waals surface area (Å²) in [5.41, 5.74) is 1.41. The number of hydrogen-bond acceptors (Lipinski definition) is 7. The maximum Gasteiger partial charge on any atom is 0.410 e. The van der Waals surface area contributed by atoms with Gasteiger partial charge in [-0.05, 0) is 51.8 Å². The lowest BCUT2D eigenvalue weighted by Gasteiger charge is -2.32. The first-order chi connectivity index (χ1) is 16.2. The molecule has 2 amide bonds. The Morgan fingerprint density at radius 2 is 1.85 bits per heavy atom. The van der Waals surface area contributed by atoms with Crippen molar-refractivity contribution >= 4 is 17.7 Å². The van der Waals surface area contributed by atoms with Crippen molar-refractivity contribution in [2.45, 2.75) is 39.2 Å².